The van der Waals surface area contributed by atoms with Crippen LogP contribution < -0.4 is 15.4 Å². The summed E-state index contributed by atoms with van der Waals surface area (Å²) in [4.78, 5) is 24.4. The van der Waals surface area contributed by atoms with Crippen molar-refractivity contribution in [1.29, 1.82) is 0 Å². The molecule has 6 heteroatoms. The second kappa shape index (κ2) is 10.3. The molecule has 0 aliphatic heterocycles. The minimum atomic E-state index is -0.264. The number of rotatable bonds is 9. The Morgan fingerprint density at radius 3 is 2.19 bits per heavy atom. The highest BCUT2D eigenvalue weighted by atomic mass is 16.5. The molecule has 2 amide bonds. The predicted octanol–water partition coefficient (Wildman–Crippen LogP) is 3.95. The Labute approximate surface area is 159 Å². The van der Waals surface area contributed by atoms with Gasteiger partial charge in [0, 0.05) is 24.9 Å². The molecule has 2 aromatic rings. The third-order valence-corrected chi connectivity index (χ3v) is 3.70. The van der Waals surface area contributed by atoms with Gasteiger partial charge < -0.3 is 20.1 Å². The standard InChI is InChI=1S/C21H26N2O4/c1-15(2)14-20(24)22-16-8-10-17(11-9-16)23-21(25)18-6-4-5-7-19(18)27-13-12-26-3/h4-11,15H,12-14H2,1-3H3,(H,22,24)(H,23,25). The van der Waals surface area contributed by atoms with Crippen LogP contribution in [-0.2, 0) is 9.53 Å². The molecule has 0 saturated carbocycles. The molecular formula is C21H26N2O4. The SMILES string of the molecule is COCCOc1ccccc1C(=O)Nc1ccc(NC(=O)CC(C)C)cc1. The zero-order valence-electron chi connectivity index (χ0n) is 16.0. The van der Waals surface area contributed by atoms with Crippen molar-refractivity contribution in [2.45, 2.75) is 20.3 Å². The number of methoxy groups -OCH3 is 1. The molecule has 0 heterocycles. The maximum atomic E-state index is 12.6. The van der Waals surface area contributed by atoms with Gasteiger partial charge in [-0.2, -0.15) is 0 Å². The number of hydrogen-bond donors (Lipinski definition) is 2. The highest BCUT2D eigenvalue weighted by Crippen LogP contribution is 2.21. The zero-order chi connectivity index (χ0) is 19.6. The summed E-state index contributed by atoms with van der Waals surface area (Å²) in [6.45, 7) is 4.80. The van der Waals surface area contributed by atoms with Crippen molar-refractivity contribution >= 4 is 23.2 Å². The van der Waals surface area contributed by atoms with Gasteiger partial charge in [-0.25, -0.2) is 0 Å². The van der Waals surface area contributed by atoms with Crippen LogP contribution in [0, 0.1) is 5.92 Å². The van der Waals surface area contributed by atoms with Gasteiger partial charge in [-0.15, -0.1) is 0 Å². The molecule has 2 rings (SSSR count). The normalized spacial score (nSPS) is 10.5. The number of amides is 2. The lowest BCUT2D eigenvalue weighted by molar-refractivity contribution is -0.116. The second-order valence-electron chi connectivity index (χ2n) is 6.52. The first kappa shape index (κ1) is 20.5. The van der Waals surface area contributed by atoms with Crippen molar-refractivity contribution in [2.24, 2.45) is 5.92 Å². The van der Waals surface area contributed by atoms with E-state index in [1.807, 2.05) is 19.9 Å². The number of carbonyl (C=O) groups is 2. The van der Waals surface area contributed by atoms with Crippen molar-refractivity contribution < 1.29 is 19.1 Å². The van der Waals surface area contributed by atoms with Gasteiger partial charge in [0.15, 0.2) is 0 Å². The van der Waals surface area contributed by atoms with Crippen molar-refractivity contribution in [3.63, 3.8) is 0 Å². The van der Waals surface area contributed by atoms with E-state index in [-0.39, 0.29) is 11.8 Å². The Kier molecular flexibility index (Phi) is 7.82. The summed E-state index contributed by atoms with van der Waals surface area (Å²) in [5, 5.41) is 5.68. The molecule has 0 aliphatic rings. The van der Waals surface area contributed by atoms with E-state index in [1.54, 1.807) is 49.6 Å². The summed E-state index contributed by atoms with van der Waals surface area (Å²) >= 11 is 0. The monoisotopic (exact) mass is 370 g/mol. The predicted molar refractivity (Wildman–Crippen MR) is 106 cm³/mol. The van der Waals surface area contributed by atoms with Crippen LogP contribution in [0.2, 0.25) is 0 Å². The largest absolute Gasteiger partial charge is 0.490 e. The maximum Gasteiger partial charge on any atom is 0.259 e. The number of anilines is 2. The number of carbonyl (C=O) groups excluding carboxylic acids is 2. The molecule has 0 unspecified atom stereocenters. The van der Waals surface area contributed by atoms with E-state index < -0.39 is 0 Å². The fourth-order valence-corrected chi connectivity index (χ4v) is 2.43. The number of hydrogen-bond acceptors (Lipinski definition) is 4. The molecule has 0 atom stereocenters. The molecule has 144 valence electrons. The Bertz CT molecular complexity index is 757. The molecule has 0 bridgehead atoms. The first-order valence-electron chi connectivity index (χ1n) is 8.91. The quantitative estimate of drug-likeness (QED) is 0.655. The number of nitrogens with one attached hydrogen (secondary N) is 2. The Morgan fingerprint density at radius 2 is 1.56 bits per heavy atom. The highest BCUT2D eigenvalue weighted by molar-refractivity contribution is 6.06. The van der Waals surface area contributed by atoms with Crippen LogP contribution in [0.5, 0.6) is 5.75 Å². The summed E-state index contributed by atoms with van der Waals surface area (Å²) in [6, 6.07) is 14.1. The Balaban J connectivity index is 1.99. The second-order valence-corrected chi connectivity index (χ2v) is 6.52. The minimum absolute atomic E-state index is 0.0241. The molecule has 27 heavy (non-hydrogen) atoms. The first-order valence-corrected chi connectivity index (χ1v) is 8.91. The minimum Gasteiger partial charge on any atom is -0.490 e. The van der Waals surface area contributed by atoms with Gasteiger partial charge in [-0.05, 0) is 42.3 Å². The Hall–Kier alpha value is -2.86. The fraction of sp³-hybridized carbons (Fsp3) is 0.333. The molecule has 0 spiro atoms. The first-order chi connectivity index (χ1) is 13.0. The molecule has 2 aromatic carbocycles. The molecule has 0 aliphatic carbocycles. The van der Waals surface area contributed by atoms with Crippen LogP contribution in [0.1, 0.15) is 30.6 Å². The van der Waals surface area contributed by atoms with Crippen LogP contribution in [0.4, 0.5) is 11.4 Å². The Morgan fingerprint density at radius 1 is 0.926 bits per heavy atom. The van der Waals surface area contributed by atoms with Crippen LogP contribution in [0.3, 0.4) is 0 Å². The van der Waals surface area contributed by atoms with Crippen molar-refractivity contribution in [2.75, 3.05) is 31.0 Å². The van der Waals surface area contributed by atoms with E-state index in [0.29, 0.717) is 48.2 Å². The zero-order valence-corrected chi connectivity index (χ0v) is 16.0. The lowest BCUT2D eigenvalue weighted by atomic mass is 10.1. The smallest absolute Gasteiger partial charge is 0.259 e. The van der Waals surface area contributed by atoms with Crippen molar-refractivity contribution in [1.82, 2.24) is 0 Å². The summed E-state index contributed by atoms with van der Waals surface area (Å²) in [7, 11) is 1.59. The topological polar surface area (TPSA) is 76.7 Å². The van der Waals surface area contributed by atoms with Crippen molar-refractivity contribution in [3.05, 3.63) is 54.1 Å². The summed E-state index contributed by atoms with van der Waals surface area (Å²) in [5.74, 6) is 0.517. The van der Waals surface area contributed by atoms with Gasteiger partial charge in [-0.3, -0.25) is 9.59 Å². The van der Waals surface area contributed by atoms with E-state index in [1.165, 1.54) is 0 Å². The van der Waals surface area contributed by atoms with E-state index in [2.05, 4.69) is 10.6 Å². The fourth-order valence-electron chi connectivity index (χ4n) is 2.43. The van der Waals surface area contributed by atoms with Gasteiger partial charge in [0.25, 0.3) is 5.91 Å². The highest BCUT2D eigenvalue weighted by Gasteiger charge is 2.12. The molecular weight excluding hydrogens is 344 g/mol. The lowest BCUT2D eigenvalue weighted by Crippen LogP contribution is -2.15. The molecule has 0 radical (unpaired) electrons. The molecule has 2 N–H and O–H groups in total. The maximum absolute atomic E-state index is 12.6. The summed E-state index contributed by atoms with van der Waals surface area (Å²) in [5.41, 5.74) is 1.78. The van der Waals surface area contributed by atoms with Gasteiger partial charge >= 0.3 is 0 Å². The molecule has 6 nitrogen and oxygen atoms in total. The third-order valence-electron chi connectivity index (χ3n) is 3.70. The average Bonchev–Trinajstić information content (AvgIpc) is 2.63. The van der Waals surface area contributed by atoms with E-state index in [4.69, 9.17) is 9.47 Å². The lowest BCUT2D eigenvalue weighted by Gasteiger charge is -2.12. The molecule has 0 aromatic heterocycles. The van der Waals surface area contributed by atoms with Gasteiger partial charge in [-0.1, -0.05) is 26.0 Å². The summed E-state index contributed by atoms with van der Waals surface area (Å²) < 4.78 is 10.6. The van der Waals surface area contributed by atoms with E-state index in [9.17, 15) is 9.59 Å². The van der Waals surface area contributed by atoms with Crippen LogP contribution in [0.15, 0.2) is 48.5 Å². The molecule has 0 saturated heterocycles. The molecule has 0 fully saturated rings. The number of benzene rings is 2. The van der Waals surface area contributed by atoms with E-state index >= 15 is 0 Å². The third kappa shape index (κ3) is 6.75. The van der Waals surface area contributed by atoms with Crippen LogP contribution in [0.25, 0.3) is 0 Å². The van der Waals surface area contributed by atoms with Gasteiger partial charge in [0.1, 0.15) is 12.4 Å². The van der Waals surface area contributed by atoms with Crippen LogP contribution >= 0.6 is 0 Å². The number of para-hydroxylation sites is 1. The summed E-state index contributed by atoms with van der Waals surface area (Å²) in [6.07, 6.45) is 0.471. The number of ether oxygens (including phenoxy) is 2. The average molecular weight is 370 g/mol. The van der Waals surface area contributed by atoms with Crippen molar-refractivity contribution in [3.8, 4) is 5.75 Å². The van der Waals surface area contributed by atoms with E-state index in [0.717, 1.165) is 0 Å². The van der Waals surface area contributed by atoms with Gasteiger partial charge in [0.2, 0.25) is 5.91 Å². The van der Waals surface area contributed by atoms with Gasteiger partial charge in [0.05, 0.1) is 12.2 Å². The van der Waals surface area contributed by atoms with Crippen LogP contribution in [-0.4, -0.2) is 32.1 Å².